The topological polar surface area (TPSA) is 55.4 Å². The minimum absolute atomic E-state index is 0.0840. The molecule has 0 aliphatic carbocycles. The van der Waals surface area contributed by atoms with Crippen molar-refractivity contribution in [3.63, 3.8) is 0 Å². The highest BCUT2D eigenvalue weighted by Crippen LogP contribution is 2.28. The van der Waals surface area contributed by atoms with Crippen LogP contribution in [-0.4, -0.2) is 35.5 Å². The minimum Gasteiger partial charge on any atom is -0.448 e. The van der Waals surface area contributed by atoms with E-state index in [4.69, 9.17) is 27.9 Å². The molecule has 0 saturated carbocycles. The van der Waals surface area contributed by atoms with Crippen LogP contribution in [0.2, 0.25) is 10.0 Å². The lowest BCUT2D eigenvalue weighted by Gasteiger charge is -2.22. The summed E-state index contributed by atoms with van der Waals surface area (Å²) in [5, 5.41) is 3.95. The number of rotatable bonds is 9. The molecule has 0 heterocycles. The monoisotopic (exact) mass is 405 g/mol. The van der Waals surface area contributed by atoms with E-state index in [-0.39, 0.29) is 17.4 Å². The quantitative estimate of drug-likeness (QED) is 0.456. The van der Waals surface area contributed by atoms with Gasteiger partial charge in [0, 0.05) is 23.0 Å². The highest BCUT2D eigenvalue weighted by Gasteiger charge is 2.18. The highest BCUT2D eigenvalue weighted by molar-refractivity contribution is 7.99. The zero-order valence-electron chi connectivity index (χ0n) is 14.8. The molecule has 0 spiro atoms. The van der Waals surface area contributed by atoms with E-state index in [1.54, 1.807) is 17.8 Å². The second-order valence-electron chi connectivity index (χ2n) is 6.67. The van der Waals surface area contributed by atoms with Crippen LogP contribution < -0.4 is 5.32 Å². The van der Waals surface area contributed by atoms with Gasteiger partial charge in [-0.3, -0.25) is 0 Å². The molecule has 7 heteroatoms. The van der Waals surface area contributed by atoms with Gasteiger partial charge < -0.3 is 14.8 Å². The van der Waals surface area contributed by atoms with Crippen molar-refractivity contribution in [2.45, 2.75) is 50.8 Å². The number of alkyl carbamates (subject to hydrolysis) is 1. The number of halogens is 2. The maximum Gasteiger partial charge on any atom is 0.407 e. The van der Waals surface area contributed by atoms with Crippen molar-refractivity contribution in [3.8, 4) is 0 Å². The lowest BCUT2D eigenvalue weighted by molar-refractivity contribution is -0.107. The Bertz CT molecular complexity index is 576. The zero-order chi connectivity index (χ0) is 18.9. The summed E-state index contributed by atoms with van der Waals surface area (Å²) < 4.78 is 5.34. The number of aryl methyl sites for hydroxylation is 1. The fourth-order valence-corrected chi connectivity index (χ4v) is 3.50. The van der Waals surface area contributed by atoms with Crippen LogP contribution in [0.4, 0.5) is 4.79 Å². The summed E-state index contributed by atoms with van der Waals surface area (Å²) in [4.78, 5) is 22.4. The Morgan fingerprint density at radius 2 is 2.08 bits per heavy atom. The molecule has 0 saturated heterocycles. The molecule has 0 aliphatic heterocycles. The summed E-state index contributed by atoms with van der Waals surface area (Å²) >= 11 is 13.9. The maximum atomic E-state index is 11.8. The summed E-state index contributed by atoms with van der Waals surface area (Å²) in [6, 6.07) is 5.56. The smallest absolute Gasteiger partial charge is 0.407 e. The standard InChI is InChI=1S/C18H25Cl2NO3S/c1-18(2,3)21-17(23)24-12-14(25-11-5-10-22)9-8-13-6-4-7-15(19)16(13)20/h4,6-7,10,14H,5,8-9,11-12H2,1-3H3,(H,21,23). The van der Waals surface area contributed by atoms with Gasteiger partial charge in [0.15, 0.2) is 0 Å². The van der Waals surface area contributed by atoms with Gasteiger partial charge in [-0.05, 0) is 45.2 Å². The van der Waals surface area contributed by atoms with Crippen molar-refractivity contribution in [1.82, 2.24) is 5.32 Å². The van der Waals surface area contributed by atoms with E-state index in [0.29, 0.717) is 22.2 Å². The molecule has 1 aromatic rings. The molecule has 4 nitrogen and oxygen atoms in total. The largest absolute Gasteiger partial charge is 0.448 e. The third-order valence-corrected chi connectivity index (χ3v) is 5.41. The molecule has 0 fully saturated rings. The van der Waals surface area contributed by atoms with Gasteiger partial charge in [0.2, 0.25) is 0 Å². The normalized spacial score (nSPS) is 12.5. The van der Waals surface area contributed by atoms with Crippen LogP contribution in [0.3, 0.4) is 0 Å². The third-order valence-electron chi connectivity index (χ3n) is 3.23. The number of amides is 1. The van der Waals surface area contributed by atoms with Crippen LogP contribution in [-0.2, 0) is 16.0 Å². The van der Waals surface area contributed by atoms with Crippen LogP contribution in [0.5, 0.6) is 0 Å². The van der Waals surface area contributed by atoms with Crippen molar-refractivity contribution >= 4 is 47.3 Å². The molecule has 140 valence electrons. The number of thioether (sulfide) groups is 1. The van der Waals surface area contributed by atoms with E-state index < -0.39 is 6.09 Å². The maximum absolute atomic E-state index is 11.8. The Morgan fingerprint density at radius 3 is 2.72 bits per heavy atom. The van der Waals surface area contributed by atoms with Crippen LogP contribution in [0.25, 0.3) is 0 Å². The van der Waals surface area contributed by atoms with E-state index in [1.165, 1.54) is 0 Å². The fraction of sp³-hybridized carbons (Fsp3) is 0.556. The lowest BCUT2D eigenvalue weighted by atomic mass is 10.1. The molecule has 1 aromatic carbocycles. The minimum atomic E-state index is -0.436. The highest BCUT2D eigenvalue weighted by atomic mass is 35.5. The number of nitrogens with one attached hydrogen (secondary N) is 1. The molecule has 1 N–H and O–H groups in total. The predicted octanol–water partition coefficient (Wildman–Crippen LogP) is 5.14. The predicted molar refractivity (Wildman–Crippen MR) is 106 cm³/mol. The first-order chi connectivity index (χ1) is 11.7. The number of benzene rings is 1. The van der Waals surface area contributed by atoms with Crippen LogP contribution in [0.1, 0.15) is 39.2 Å². The molecule has 0 aromatic heterocycles. The number of carbonyl (C=O) groups excluding carboxylic acids is 2. The van der Waals surface area contributed by atoms with Gasteiger partial charge in [-0.15, -0.1) is 0 Å². The van der Waals surface area contributed by atoms with Gasteiger partial charge in [0.1, 0.15) is 12.9 Å². The Hall–Kier alpha value is -0.910. The SMILES string of the molecule is CC(C)(C)NC(=O)OCC(CCc1cccc(Cl)c1Cl)SCCC=O. The van der Waals surface area contributed by atoms with Gasteiger partial charge in [0.05, 0.1) is 10.0 Å². The zero-order valence-corrected chi connectivity index (χ0v) is 17.1. The summed E-state index contributed by atoms with van der Waals surface area (Å²) in [5.41, 5.74) is 0.625. The second kappa shape index (κ2) is 10.9. The van der Waals surface area contributed by atoms with E-state index in [2.05, 4.69) is 5.32 Å². The first-order valence-electron chi connectivity index (χ1n) is 8.16. The van der Waals surface area contributed by atoms with E-state index in [1.807, 2.05) is 32.9 Å². The molecule has 0 aliphatic rings. The van der Waals surface area contributed by atoms with Crippen molar-refractivity contribution in [2.24, 2.45) is 0 Å². The number of hydrogen-bond donors (Lipinski definition) is 1. The molecule has 1 atom stereocenters. The van der Waals surface area contributed by atoms with Crippen LogP contribution >= 0.6 is 35.0 Å². The Labute approximate surface area is 164 Å². The molecule has 0 bridgehead atoms. The molecular weight excluding hydrogens is 381 g/mol. The summed E-state index contributed by atoms with van der Waals surface area (Å²) in [6.07, 6.45) is 2.43. The molecule has 25 heavy (non-hydrogen) atoms. The van der Waals surface area contributed by atoms with Crippen molar-refractivity contribution in [3.05, 3.63) is 33.8 Å². The third kappa shape index (κ3) is 9.38. The first kappa shape index (κ1) is 22.1. The van der Waals surface area contributed by atoms with Gasteiger partial charge in [-0.25, -0.2) is 4.79 Å². The second-order valence-corrected chi connectivity index (χ2v) is 8.87. The summed E-state index contributed by atoms with van der Waals surface area (Å²) in [7, 11) is 0. The lowest BCUT2D eigenvalue weighted by Crippen LogP contribution is -2.41. The van der Waals surface area contributed by atoms with E-state index in [9.17, 15) is 9.59 Å². The number of hydrogen-bond acceptors (Lipinski definition) is 4. The van der Waals surface area contributed by atoms with E-state index in [0.717, 1.165) is 24.7 Å². The summed E-state index contributed by atoms with van der Waals surface area (Å²) in [6.45, 7) is 5.97. The first-order valence-corrected chi connectivity index (χ1v) is 9.96. The van der Waals surface area contributed by atoms with Gasteiger partial charge in [-0.1, -0.05) is 35.3 Å². The molecule has 1 unspecified atom stereocenters. The molecule has 1 amide bonds. The van der Waals surface area contributed by atoms with E-state index >= 15 is 0 Å². The summed E-state index contributed by atoms with van der Waals surface area (Å²) in [5.74, 6) is 0.696. The van der Waals surface area contributed by atoms with Crippen molar-refractivity contribution < 1.29 is 14.3 Å². The Balaban J connectivity index is 2.58. The average Bonchev–Trinajstić information content (AvgIpc) is 2.51. The molecule has 0 radical (unpaired) electrons. The number of ether oxygens (including phenoxy) is 1. The Morgan fingerprint density at radius 1 is 1.36 bits per heavy atom. The molecular formula is C18H25Cl2NO3S. The number of carbonyl (C=O) groups is 2. The van der Waals surface area contributed by atoms with Crippen LogP contribution in [0.15, 0.2) is 18.2 Å². The molecule has 1 rings (SSSR count). The fourth-order valence-electron chi connectivity index (χ4n) is 2.07. The van der Waals surface area contributed by atoms with Crippen molar-refractivity contribution in [2.75, 3.05) is 12.4 Å². The van der Waals surface area contributed by atoms with Crippen LogP contribution in [0, 0.1) is 0 Å². The van der Waals surface area contributed by atoms with Gasteiger partial charge in [0.25, 0.3) is 0 Å². The average molecular weight is 406 g/mol. The Kier molecular flexibility index (Phi) is 9.69. The number of aldehydes is 1. The van der Waals surface area contributed by atoms with Crippen molar-refractivity contribution in [1.29, 1.82) is 0 Å². The van der Waals surface area contributed by atoms with Gasteiger partial charge >= 0.3 is 6.09 Å². The van der Waals surface area contributed by atoms with Gasteiger partial charge in [-0.2, -0.15) is 11.8 Å².